The molecule has 15 heavy (non-hydrogen) atoms. The monoisotopic (exact) mass is 200 g/mol. The highest BCUT2D eigenvalue weighted by Gasteiger charge is 1.92. The third-order valence-electron chi connectivity index (χ3n) is 2.14. The molecule has 0 aliphatic rings. The molecule has 0 aliphatic heterocycles. The Balaban J connectivity index is 4.55. The van der Waals surface area contributed by atoms with E-state index in [1.807, 2.05) is 32.1 Å². The van der Waals surface area contributed by atoms with E-state index in [0.717, 1.165) is 16.7 Å². The molecule has 0 atom stereocenters. The van der Waals surface area contributed by atoms with Crippen LogP contribution in [-0.2, 0) is 0 Å². The van der Waals surface area contributed by atoms with Gasteiger partial charge in [0.15, 0.2) is 0 Å². The molecule has 0 aromatic rings. The van der Waals surface area contributed by atoms with Crippen molar-refractivity contribution < 1.29 is 0 Å². The predicted octanol–water partition coefficient (Wildman–Crippen LogP) is 4.75. The molecular formula is C15H20. The summed E-state index contributed by atoms with van der Waals surface area (Å²) in [6.07, 6.45) is 9.84. The van der Waals surface area contributed by atoms with E-state index in [2.05, 4.69) is 32.7 Å². The van der Waals surface area contributed by atoms with E-state index in [0.29, 0.717) is 0 Å². The zero-order valence-electron chi connectivity index (χ0n) is 10.0. The van der Waals surface area contributed by atoms with E-state index in [4.69, 9.17) is 0 Å². The molecule has 0 heteroatoms. The lowest BCUT2D eigenvalue weighted by Crippen LogP contribution is -1.80. The maximum Gasteiger partial charge on any atom is -0.0259 e. The van der Waals surface area contributed by atoms with Crippen molar-refractivity contribution in [1.82, 2.24) is 0 Å². The topological polar surface area (TPSA) is 0 Å². The second-order valence-electron chi connectivity index (χ2n) is 3.51. The van der Waals surface area contributed by atoms with Gasteiger partial charge in [-0.1, -0.05) is 61.3 Å². The molecule has 0 fully saturated rings. The zero-order chi connectivity index (χ0) is 11.8. The van der Waals surface area contributed by atoms with Crippen molar-refractivity contribution in [3.8, 4) is 0 Å². The van der Waals surface area contributed by atoms with Crippen LogP contribution in [-0.4, -0.2) is 0 Å². The molecule has 0 saturated heterocycles. The fraction of sp³-hybridized carbons (Fsp3) is 0.200. The van der Waals surface area contributed by atoms with Gasteiger partial charge in [0.2, 0.25) is 0 Å². The van der Waals surface area contributed by atoms with Gasteiger partial charge in [-0.3, -0.25) is 0 Å². The molecule has 0 unspecified atom stereocenters. The molecule has 0 N–H and O–H groups in total. The molecule has 0 radical (unpaired) electrons. The normalized spacial score (nSPS) is 13.0. The largest absolute Gasteiger partial charge is 0.0988 e. The summed E-state index contributed by atoms with van der Waals surface area (Å²) in [6.45, 7) is 17.7. The third-order valence-corrected chi connectivity index (χ3v) is 2.14. The quantitative estimate of drug-likeness (QED) is 0.562. The Morgan fingerprint density at radius 2 is 1.53 bits per heavy atom. The maximum atomic E-state index is 3.96. The van der Waals surface area contributed by atoms with Gasteiger partial charge in [0.05, 0.1) is 0 Å². The number of allylic oxidation sites excluding steroid dienone is 9. The van der Waals surface area contributed by atoms with Crippen molar-refractivity contribution in [2.45, 2.75) is 20.8 Å². The summed E-state index contributed by atoms with van der Waals surface area (Å²) >= 11 is 0. The van der Waals surface area contributed by atoms with Crippen LogP contribution in [0, 0.1) is 0 Å². The molecule has 0 nitrogen and oxygen atoms in total. The van der Waals surface area contributed by atoms with Crippen molar-refractivity contribution in [2.24, 2.45) is 0 Å². The fourth-order valence-electron chi connectivity index (χ4n) is 0.862. The fourth-order valence-corrected chi connectivity index (χ4v) is 0.862. The highest BCUT2D eigenvalue weighted by Crippen LogP contribution is 2.12. The van der Waals surface area contributed by atoms with Crippen LogP contribution in [0.3, 0.4) is 0 Å². The van der Waals surface area contributed by atoms with E-state index in [1.54, 1.807) is 6.08 Å². The first kappa shape index (κ1) is 13.4. The van der Waals surface area contributed by atoms with Crippen LogP contribution in [0.25, 0.3) is 0 Å². The van der Waals surface area contributed by atoms with E-state index >= 15 is 0 Å². The molecule has 0 amide bonds. The van der Waals surface area contributed by atoms with Crippen molar-refractivity contribution in [2.75, 3.05) is 0 Å². The van der Waals surface area contributed by atoms with E-state index in [-0.39, 0.29) is 0 Å². The summed E-state index contributed by atoms with van der Waals surface area (Å²) in [5.41, 5.74) is 4.16. The van der Waals surface area contributed by atoms with Crippen LogP contribution in [0.2, 0.25) is 0 Å². The second kappa shape index (κ2) is 6.83. The lowest BCUT2D eigenvalue weighted by Gasteiger charge is -2.00. The molecule has 80 valence electrons. The Morgan fingerprint density at radius 1 is 0.933 bits per heavy atom. The number of hydrogen-bond donors (Lipinski definition) is 0. The first-order chi connectivity index (χ1) is 7.01. The summed E-state index contributed by atoms with van der Waals surface area (Å²) in [4.78, 5) is 0. The molecule has 0 aromatic carbocycles. The minimum atomic E-state index is 0.924. The molecule has 0 aromatic heterocycles. The lowest BCUT2D eigenvalue weighted by atomic mass is 10.1. The van der Waals surface area contributed by atoms with Crippen LogP contribution >= 0.6 is 0 Å². The van der Waals surface area contributed by atoms with Crippen LogP contribution in [0.15, 0.2) is 72.4 Å². The number of rotatable bonds is 5. The Morgan fingerprint density at radius 3 is 2.00 bits per heavy atom. The van der Waals surface area contributed by atoms with Gasteiger partial charge in [-0.25, -0.2) is 0 Å². The Hall–Kier alpha value is -1.56. The van der Waals surface area contributed by atoms with E-state index in [9.17, 15) is 0 Å². The van der Waals surface area contributed by atoms with E-state index < -0.39 is 0 Å². The summed E-state index contributed by atoms with van der Waals surface area (Å²) in [5.74, 6) is 0. The third kappa shape index (κ3) is 5.69. The molecule has 0 heterocycles. The minimum Gasteiger partial charge on any atom is -0.0988 e. The summed E-state index contributed by atoms with van der Waals surface area (Å²) in [5, 5.41) is 0. The Bertz CT molecular complexity index is 346. The SMILES string of the molecule is C=C/C(C)=C\C(=C)C(=C)/C=C\C(C)=C/C. The van der Waals surface area contributed by atoms with Gasteiger partial charge in [0.25, 0.3) is 0 Å². The van der Waals surface area contributed by atoms with Gasteiger partial charge in [0, 0.05) is 0 Å². The van der Waals surface area contributed by atoms with Crippen molar-refractivity contribution in [3.05, 3.63) is 72.4 Å². The van der Waals surface area contributed by atoms with Crippen LogP contribution in [0.1, 0.15) is 20.8 Å². The van der Waals surface area contributed by atoms with Gasteiger partial charge in [-0.2, -0.15) is 0 Å². The van der Waals surface area contributed by atoms with Gasteiger partial charge >= 0.3 is 0 Å². The van der Waals surface area contributed by atoms with E-state index in [1.165, 1.54) is 5.57 Å². The van der Waals surface area contributed by atoms with Crippen molar-refractivity contribution in [1.29, 1.82) is 0 Å². The van der Waals surface area contributed by atoms with Gasteiger partial charge in [-0.05, 0) is 31.9 Å². The average Bonchev–Trinajstić information content (AvgIpc) is 2.24. The maximum absolute atomic E-state index is 3.96. The first-order valence-electron chi connectivity index (χ1n) is 5.01. The lowest BCUT2D eigenvalue weighted by molar-refractivity contribution is 1.45. The molecular weight excluding hydrogens is 180 g/mol. The smallest absolute Gasteiger partial charge is 0.0259 e. The van der Waals surface area contributed by atoms with Crippen LogP contribution < -0.4 is 0 Å². The summed E-state index contributed by atoms with van der Waals surface area (Å²) in [7, 11) is 0. The highest BCUT2D eigenvalue weighted by atomic mass is 14.0. The van der Waals surface area contributed by atoms with Crippen molar-refractivity contribution >= 4 is 0 Å². The Kier molecular flexibility index (Phi) is 6.12. The Labute approximate surface area is 93.7 Å². The standard InChI is InChI=1S/C15H20/c1-7-12(3)9-10-14(5)15(6)11-13(4)8-2/h7-11H,2,5-6H2,1,3-4H3/b10-9-,12-7-,13-11-. The van der Waals surface area contributed by atoms with Gasteiger partial charge in [0.1, 0.15) is 0 Å². The van der Waals surface area contributed by atoms with Crippen molar-refractivity contribution in [3.63, 3.8) is 0 Å². The zero-order valence-corrected chi connectivity index (χ0v) is 10.0. The molecule has 0 aliphatic carbocycles. The predicted molar refractivity (Wildman–Crippen MR) is 70.8 cm³/mol. The molecule has 0 rings (SSSR count). The first-order valence-corrected chi connectivity index (χ1v) is 5.01. The van der Waals surface area contributed by atoms with Crippen LogP contribution in [0.4, 0.5) is 0 Å². The molecule has 0 bridgehead atoms. The molecule has 0 spiro atoms. The second-order valence-corrected chi connectivity index (χ2v) is 3.51. The highest BCUT2D eigenvalue weighted by molar-refractivity contribution is 5.46. The summed E-state index contributed by atoms with van der Waals surface area (Å²) in [6, 6.07) is 0. The minimum absolute atomic E-state index is 0.924. The van der Waals surface area contributed by atoms with Gasteiger partial charge in [-0.15, -0.1) is 0 Å². The van der Waals surface area contributed by atoms with Crippen LogP contribution in [0.5, 0.6) is 0 Å². The van der Waals surface area contributed by atoms with Gasteiger partial charge < -0.3 is 0 Å². The molecule has 0 saturated carbocycles. The average molecular weight is 200 g/mol. The number of hydrogen-bond acceptors (Lipinski definition) is 0. The summed E-state index contributed by atoms with van der Waals surface area (Å²) < 4.78 is 0.